The van der Waals surface area contributed by atoms with Crippen LogP contribution in [0.5, 0.6) is 0 Å². The van der Waals surface area contributed by atoms with Gasteiger partial charge >= 0.3 is 5.97 Å². The molecule has 0 saturated carbocycles. The molecule has 1 atom stereocenters. The second kappa shape index (κ2) is 5.65. The molecule has 1 saturated heterocycles. The minimum absolute atomic E-state index is 0.0323. The van der Waals surface area contributed by atoms with E-state index < -0.39 is 0 Å². The van der Waals surface area contributed by atoms with E-state index in [-0.39, 0.29) is 12.1 Å². The summed E-state index contributed by atoms with van der Waals surface area (Å²) < 4.78 is 6.46. The number of rotatable bonds is 2. The van der Waals surface area contributed by atoms with Gasteiger partial charge < -0.3 is 9.64 Å². The summed E-state index contributed by atoms with van der Waals surface area (Å²) in [6.45, 7) is 1.93. The van der Waals surface area contributed by atoms with E-state index in [1.54, 1.807) is 12.1 Å². The van der Waals surface area contributed by atoms with Crippen LogP contribution in [-0.4, -0.2) is 37.1 Å². The quantitative estimate of drug-likeness (QED) is 0.786. The highest BCUT2D eigenvalue weighted by molar-refractivity contribution is 9.10. The standard InChI is InChI=1S/C13H16BrNO2/c1-15-8-2-3-12(9-15)17-13(16)10-4-6-11(14)7-5-10/h4-7,12H,2-3,8-9H2,1H3/t12-/m0/s1. The summed E-state index contributed by atoms with van der Waals surface area (Å²) >= 11 is 3.34. The molecule has 2 rings (SSSR count). The topological polar surface area (TPSA) is 29.5 Å². The average molecular weight is 298 g/mol. The van der Waals surface area contributed by atoms with Crippen LogP contribution in [-0.2, 0) is 4.74 Å². The molecule has 1 aromatic rings. The monoisotopic (exact) mass is 297 g/mol. The van der Waals surface area contributed by atoms with Crippen molar-refractivity contribution in [3.05, 3.63) is 34.3 Å². The van der Waals surface area contributed by atoms with E-state index in [1.165, 1.54) is 0 Å². The number of benzene rings is 1. The number of halogens is 1. The molecule has 0 bridgehead atoms. The van der Waals surface area contributed by atoms with Crippen molar-refractivity contribution in [2.45, 2.75) is 18.9 Å². The van der Waals surface area contributed by atoms with Crippen molar-refractivity contribution in [1.82, 2.24) is 4.90 Å². The summed E-state index contributed by atoms with van der Waals surface area (Å²) in [6.07, 6.45) is 2.09. The number of hydrogen-bond donors (Lipinski definition) is 0. The second-order valence-electron chi connectivity index (χ2n) is 4.44. The highest BCUT2D eigenvalue weighted by Gasteiger charge is 2.21. The molecule has 1 aromatic carbocycles. The maximum Gasteiger partial charge on any atom is 0.338 e. The number of nitrogens with zero attached hydrogens (tertiary/aromatic N) is 1. The van der Waals surface area contributed by atoms with Crippen molar-refractivity contribution < 1.29 is 9.53 Å². The van der Waals surface area contributed by atoms with Gasteiger partial charge in [-0.2, -0.15) is 0 Å². The first-order valence-corrected chi connectivity index (χ1v) is 6.59. The molecule has 1 heterocycles. The van der Waals surface area contributed by atoms with Gasteiger partial charge in [-0.05, 0) is 50.7 Å². The predicted octanol–water partition coefficient (Wildman–Crippen LogP) is 2.70. The van der Waals surface area contributed by atoms with E-state index in [0.717, 1.165) is 30.4 Å². The van der Waals surface area contributed by atoms with Crippen molar-refractivity contribution in [3.63, 3.8) is 0 Å². The van der Waals surface area contributed by atoms with Crippen LogP contribution in [0.3, 0.4) is 0 Å². The molecular weight excluding hydrogens is 282 g/mol. The lowest BCUT2D eigenvalue weighted by molar-refractivity contribution is 0.0108. The van der Waals surface area contributed by atoms with Crippen LogP contribution in [0.2, 0.25) is 0 Å². The number of likely N-dealkylation sites (tertiary alicyclic amines) is 1. The van der Waals surface area contributed by atoms with Crippen molar-refractivity contribution in [1.29, 1.82) is 0 Å². The molecule has 92 valence electrons. The first-order valence-electron chi connectivity index (χ1n) is 5.80. The van der Waals surface area contributed by atoms with Gasteiger partial charge in [0, 0.05) is 11.0 Å². The Balaban J connectivity index is 1.94. The molecule has 0 spiro atoms. The zero-order chi connectivity index (χ0) is 12.3. The Hall–Kier alpha value is -0.870. The Labute approximate surface area is 110 Å². The largest absolute Gasteiger partial charge is 0.457 e. The third kappa shape index (κ3) is 3.54. The van der Waals surface area contributed by atoms with E-state index in [1.807, 2.05) is 12.1 Å². The molecule has 1 aliphatic rings. The van der Waals surface area contributed by atoms with Crippen molar-refractivity contribution >= 4 is 21.9 Å². The molecule has 0 amide bonds. The average Bonchev–Trinajstić information content (AvgIpc) is 2.29. The summed E-state index contributed by atoms with van der Waals surface area (Å²) in [5.74, 6) is -0.224. The number of carbonyl (C=O) groups excluding carboxylic acids is 1. The number of likely N-dealkylation sites (N-methyl/N-ethyl adjacent to an activating group) is 1. The molecule has 1 fully saturated rings. The number of ether oxygens (including phenoxy) is 1. The molecule has 1 aliphatic heterocycles. The summed E-state index contributed by atoms with van der Waals surface area (Å²) in [5.41, 5.74) is 0.612. The minimum Gasteiger partial charge on any atom is -0.457 e. The molecule has 0 unspecified atom stereocenters. The lowest BCUT2D eigenvalue weighted by Crippen LogP contribution is -2.38. The van der Waals surface area contributed by atoms with Crippen LogP contribution in [0.15, 0.2) is 28.7 Å². The van der Waals surface area contributed by atoms with Crippen LogP contribution in [0.1, 0.15) is 23.2 Å². The van der Waals surface area contributed by atoms with Gasteiger partial charge in [0.2, 0.25) is 0 Å². The molecule has 17 heavy (non-hydrogen) atoms. The van der Waals surface area contributed by atoms with E-state index >= 15 is 0 Å². The Morgan fingerprint density at radius 3 is 2.76 bits per heavy atom. The van der Waals surface area contributed by atoms with Crippen molar-refractivity contribution in [2.24, 2.45) is 0 Å². The lowest BCUT2D eigenvalue weighted by Gasteiger charge is -2.29. The van der Waals surface area contributed by atoms with Crippen molar-refractivity contribution in [2.75, 3.05) is 20.1 Å². The zero-order valence-corrected chi connectivity index (χ0v) is 11.4. The fourth-order valence-corrected chi connectivity index (χ4v) is 2.28. The van der Waals surface area contributed by atoms with Crippen LogP contribution < -0.4 is 0 Å². The minimum atomic E-state index is -0.224. The summed E-state index contributed by atoms with van der Waals surface area (Å²) in [6, 6.07) is 7.26. The van der Waals surface area contributed by atoms with Gasteiger partial charge in [-0.3, -0.25) is 0 Å². The molecule has 4 heteroatoms. The van der Waals surface area contributed by atoms with Crippen molar-refractivity contribution in [3.8, 4) is 0 Å². The summed E-state index contributed by atoms with van der Waals surface area (Å²) in [5, 5.41) is 0. The fraction of sp³-hybridized carbons (Fsp3) is 0.462. The lowest BCUT2D eigenvalue weighted by atomic mass is 10.1. The van der Waals surface area contributed by atoms with Gasteiger partial charge in [0.15, 0.2) is 0 Å². The number of esters is 1. The van der Waals surface area contributed by atoms with E-state index in [2.05, 4.69) is 27.9 Å². The van der Waals surface area contributed by atoms with Crippen LogP contribution in [0.25, 0.3) is 0 Å². The van der Waals surface area contributed by atoms with Gasteiger partial charge in [-0.15, -0.1) is 0 Å². The summed E-state index contributed by atoms with van der Waals surface area (Å²) in [7, 11) is 2.06. The highest BCUT2D eigenvalue weighted by Crippen LogP contribution is 2.15. The molecule has 3 nitrogen and oxygen atoms in total. The van der Waals surface area contributed by atoms with Gasteiger partial charge in [-0.1, -0.05) is 15.9 Å². The third-order valence-electron chi connectivity index (χ3n) is 2.93. The van der Waals surface area contributed by atoms with Gasteiger partial charge in [0.25, 0.3) is 0 Å². The highest BCUT2D eigenvalue weighted by atomic mass is 79.9. The van der Waals surface area contributed by atoms with E-state index in [9.17, 15) is 4.79 Å². The molecule has 0 aliphatic carbocycles. The maximum atomic E-state index is 11.9. The molecular formula is C13H16BrNO2. The fourth-order valence-electron chi connectivity index (χ4n) is 2.02. The number of carbonyl (C=O) groups is 1. The molecule has 0 aromatic heterocycles. The first kappa shape index (κ1) is 12.6. The predicted molar refractivity (Wildman–Crippen MR) is 70.1 cm³/mol. The Morgan fingerprint density at radius 2 is 2.12 bits per heavy atom. The van der Waals surface area contributed by atoms with Gasteiger partial charge in [0.05, 0.1) is 5.56 Å². The Bertz CT molecular complexity index is 391. The van der Waals surface area contributed by atoms with Crippen LogP contribution >= 0.6 is 15.9 Å². The molecule has 0 radical (unpaired) electrons. The Morgan fingerprint density at radius 1 is 1.41 bits per heavy atom. The Kier molecular flexibility index (Phi) is 4.18. The second-order valence-corrected chi connectivity index (χ2v) is 5.35. The maximum absolute atomic E-state index is 11.9. The van der Waals surface area contributed by atoms with Crippen LogP contribution in [0, 0.1) is 0 Å². The number of piperidine rings is 1. The molecule has 0 N–H and O–H groups in total. The van der Waals surface area contributed by atoms with Gasteiger partial charge in [0.1, 0.15) is 6.10 Å². The van der Waals surface area contributed by atoms with E-state index in [4.69, 9.17) is 4.74 Å². The smallest absolute Gasteiger partial charge is 0.338 e. The van der Waals surface area contributed by atoms with Gasteiger partial charge in [-0.25, -0.2) is 4.79 Å². The SMILES string of the molecule is CN1CCC[C@H](OC(=O)c2ccc(Br)cc2)C1. The first-order chi connectivity index (χ1) is 8.15. The summed E-state index contributed by atoms with van der Waals surface area (Å²) in [4.78, 5) is 14.1. The zero-order valence-electron chi connectivity index (χ0n) is 9.86. The third-order valence-corrected chi connectivity index (χ3v) is 3.46. The van der Waals surface area contributed by atoms with Crippen LogP contribution in [0.4, 0.5) is 0 Å². The number of hydrogen-bond acceptors (Lipinski definition) is 3. The normalized spacial score (nSPS) is 21.2. The van der Waals surface area contributed by atoms with E-state index in [0.29, 0.717) is 5.56 Å².